The van der Waals surface area contributed by atoms with Gasteiger partial charge in [-0.25, -0.2) is 0 Å². The van der Waals surface area contributed by atoms with Crippen LogP contribution in [-0.2, 0) is 0 Å². The summed E-state index contributed by atoms with van der Waals surface area (Å²) in [5.74, 6) is 1.18. The molecule has 0 bridgehead atoms. The molecule has 2 N–H and O–H groups in total. The van der Waals surface area contributed by atoms with Crippen molar-refractivity contribution in [2.45, 2.75) is 6.92 Å². The van der Waals surface area contributed by atoms with Gasteiger partial charge in [0.15, 0.2) is 0 Å². The van der Waals surface area contributed by atoms with Crippen molar-refractivity contribution in [3.05, 3.63) is 60.7 Å². The highest BCUT2D eigenvalue weighted by Gasteiger charge is 2.10. The zero-order chi connectivity index (χ0) is 13.9. The van der Waals surface area contributed by atoms with E-state index in [4.69, 9.17) is 14.2 Å². The zero-order valence-corrected chi connectivity index (χ0v) is 11.5. The number of hydrogen-bond acceptors (Lipinski definition) is 4. The Morgan fingerprint density at radius 2 is 1.16 bits per heavy atom. The first-order chi connectivity index (χ1) is 9.26. The fourth-order valence-electron chi connectivity index (χ4n) is 1.16. The van der Waals surface area contributed by atoms with E-state index in [2.05, 4.69) is 0 Å². The van der Waals surface area contributed by atoms with Gasteiger partial charge in [0, 0.05) is 6.61 Å². The van der Waals surface area contributed by atoms with Crippen molar-refractivity contribution in [3.8, 4) is 11.5 Å². The van der Waals surface area contributed by atoms with Gasteiger partial charge in [0.2, 0.25) is 0 Å². The van der Waals surface area contributed by atoms with Gasteiger partial charge in [0.25, 0.3) is 0 Å². The Labute approximate surface area is 114 Å². The third-order valence-electron chi connectivity index (χ3n) is 1.85. The lowest BCUT2D eigenvalue weighted by Crippen LogP contribution is -1.93. The summed E-state index contributed by atoms with van der Waals surface area (Å²) < 4.78 is 10.4. The molecule has 0 saturated heterocycles. The van der Waals surface area contributed by atoms with Gasteiger partial charge < -0.3 is 19.0 Å². The molecule has 0 spiro atoms. The number of hydrogen-bond donors (Lipinski definition) is 2. The average Bonchev–Trinajstić information content (AvgIpc) is 2.41. The molecule has 0 unspecified atom stereocenters. The highest BCUT2D eigenvalue weighted by atomic mass is 31.2. The Kier molecular flexibility index (Phi) is 7.59. The maximum Gasteiger partial charge on any atom is 0.460 e. The van der Waals surface area contributed by atoms with Gasteiger partial charge in [0.05, 0.1) is 0 Å². The second kappa shape index (κ2) is 9.34. The fourth-order valence-corrected chi connectivity index (χ4v) is 1.80. The molecule has 0 aliphatic heterocycles. The van der Waals surface area contributed by atoms with E-state index in [-0.39, 0.29) is 6.61 Å². The van der Waals surface area contributed by atoms with Gasteiger partial charge in [0.1, 0.15) is 11.5 Å². The van der Waals surface area contributed by atoms with Gasteiger partial charge in [-0.3, -0.25) is 0 Å². The van der Waals surface area contributed by atoms with Gasteiger partial charge in [-0.1, -0.05) is 36.4 Å². The quantitative estimate of drug-likeness (QED) is 0.843. The molecule has 19 heavy (non-hydrogen) atoms. The van der Waals surface area contributed by atoms with Crippen LogP contribution in [0.4, 0.5) is 0 Å². The van der Waals surface area contributed by atoms with E-state index in [1.807, 2.05) is 36.4 Å². The van der Waals surface area contributed by atoms with Gasteiger partial charge in [-0.05, 0) is 31.2 Å². The smallest absolute Gasteiger partial charge is 0.418 e. The van der Waals surface area contributed by atoms with Crippen molar-refractivity contribution in [1.29, 1.82) is 0 Å². The Balaban J connectivity index is 0.000000550. The second-order valence-electron chi connectivity index (χ2n) is 3.36. The highest BCUT2D eigenvalue weighted by molar-refractivity contribution is 7.41. The molecule has 0 heterocycles. The molecule has 0 radical (unpaired) electrons. The van der Waals surface area contributed by atoms with Crippen molar-refractivity contribution < 1.29 is 19.0 Å². The van der Waals surface area contributed by atoms with Crippen molar-refractivity contribution in [3.63, 3.8) is 0 Å². The third kappa shape index (κ3) is 6.77. The first-order valence-corrected chi connectivity index (χ1v) is 6.95. The average molecular weight is 280 g/mol. The normalized spacial score (nSPS) is 9.47. The molecule has 2 aromatic carbocycles. The standard InChI is InChI=1S/C12H11O3P.C2H6O/c13-16(14-11-7-3-1-4-8-11)15-12-9-5-2-6-10-12;1-2-3/h1-10,13H;3H,2H2,1H3. The lowest BCUT2D eigenvalue weighted by molar-refractivity contribution is 0.318. The van der Waals surface area contributed by atoms with Crippen LogP contribution in [0.2, 0.25) is 0 Å². The molecule has 0 atom stereocenters. The SMILES string of the molecule is CCO.OP(Oc1ccccc1)Oc1ccccc1. The Morgan fingerprint density at radius 3 is 1.47 bits per heavy atom. The lowest BCUT2D eigenvalue weighted by Gasteiger charge is -2.11. The molecule has 5 heteroatoms. The molecule has 0 fully saturated rings. The second-order valence-corrected chi connectivity index (χ2v) is 4.20. The van der Waals surface area contributed by atoms with Crippen molar-refractivity contribution in [2.75, 3.05) is 6.61 Å². The number of aliphatic hydroxyl groups excluding tert-OH is 1. The minimum atomic E-state index is -1.93. The zero-order valence-electron chi connectivity index (χ0n) is 10.6. The first-order valence-electron chi connectivity index (χ1n) is 5.82. The molecular weight excluding hydrogens is 263 g/mol. The summed E-state index contributed by atoms with van der Waals surface area (Å²) in [6.45, 7) is 1.93. The van der Waals surface area contributed by atoms with Gasteiger partial charge in [-0.15, -0.1) is 0 Å². The summed E-state index contributed by atoms with van der Waals surface area (Å²) in [5, 5.41) is 7.57. The highest BCUT2D eigenvalue weighted by Crippen LogP contribution is 2.35. The molecule has 0 aliphatic rings. The summed E-state index contributed by atoms with van der Waals surface area (Å²) in [4.78, 5) is 9.58. The Hall–Kier alpha value is -1.61. The first kappa shape index (κ1) is 15.4. The molecule has 0 saturated carbocycles. The number of rotatable bonds is 4. The van der Waals surface area contributed by atoms with Gasteiger partial charge >= 0.3 is 8.60 Å². The van der Waals surface area contributed by atoms with Crippen LogP contribution in [0.1, 0.15) is 6.92 Å². The van der Waals surface area contributed by atoms with Crippen LogP contribution in [0.3, 0.4) is 0 Å². The van der Waals surface area contributed by atoms with Crippen LogP contribution in [0, 0.1) is 0 Å². The third-order valence-corrected chi connectivity index (χ3v) is 2.59. The predicted octanol–water partition coefficient (Wildman–Crippen LogP) is 3.36. The molecule has 0 aromatic heterocycles. The minimum Gasteiger partial charge on any atom is -0.418 e. The summed E-state index contributed by atoms with van der Waals surface area (Å²) in [7, 11) is -1.93. The monoisotopic (exact) mass is 280 g/mol. The minimum absolute atomic E-state index is 0.250. The molecule has 0 amide bonds. The van der Waals surface area contributed by atoms with Crippen LogP contribution >= 0.6 is 8.60 Å². The topological polar surface area (TPSA) is 58.9 Å². The van der Waals surface area contributed by atoms with Crippen LogP contribution in [0.25, 0.3) is 0 Å². The predicted molar refractivity (Wildman–Crippen MR) is 76.0 cm³/mol. The molecule has 4 nitrogen and oxygen atoms in total. The number of benzene rings is 2. The summed E-state index contributed by atoms with van der Waals surface area (Å²) in [5.41, 5.74) is 0. The summed E-state index contributed by atoms with van der Waals surface area (Å²) in [6.07, 6.45) is 0. The Bertz CT molecular complexity index is 394. The van der Waals surface area contributed by atoms with E-state index in [0.29, 0.717) is 11.5 Å². The van der Waals surface area contributed by atoms with Crippen LogP contribution in [-0.4, -0.2) is 16.6 Å². The van der Waals surface area contributed by atoms with E-state index in [1.165, 1.54) is 0 Å². The van der Waals surface area contributed by atoms with Crippen LogP contribution in [0.5, 0.6) is 11.5 Å². The molecule has 102 valence electrons. The fraction of sp³-hybridized carbons (Fsp3) is 0.143. The van der Waals surface area contributed by atoms with E-state index in [0.717, 1.165) is 0 Å². The largest absolute Gasteiger partial charge is 0.460 e. The van der Waals surface area contributed by atoms with E-state index in [1.54, 1.807) is 31.2 Å². The van der Waals surface area contributed by atoms with Gasteiger partial charge in [-0.2, -0.15) is 0 Å². The summed E-state index contributed by atoms with van der Waals surface area (Å²) >= 11 is 0. The van der Waals surface area contributed by atoms with Crippen LogP contribution in [0.15, 0.2) is 60.7 Å². The molecule has 2 aromatic rings. The molecular formula is C14H17O4P. The van der Waals surface area contributed by atoms with E-state index >= 15 is 0 Å². The van der Waals surface area contributed by atoms with E-state index < -0.39 is 8.60 Å². The maximum atomic E-state index is 9.58. The molecule has 0 aliphatic carbocycles. The Morgan fingerprint density at radius 1 is 0.842 bits per heavy atom. The number of aliphatic hydroxyl groups is 1. The maximum absolute atomic E-state index is 9.58. The van der Waals surface area contributed by atoms with E-state index in [9.17, 15) is 4.89 Å². The number of para-hydroxylation sites is 2. The lowest BCUT2D eigenvalue weighted by atomic mass is 10.3. The van der Waals surface area contributed by atoms with Crippen LogP contribution < -0.4 is 9.05 Å². The van der Waals surface area contributed by atoms with Crippen molar-refractivity contribution in [1.82, 2.24) is 0 Å². The summed E-state index contributed by atoms with van der Waals surface area (Å²) in [6, 6.07) is 18.2. The van der Waals surface area contributed by atoms with Crippen molar-refractivity contribution in [2.24, 2.45) is 0 Å². The van der Waals surface area contributed by atoms with Crippen molar-refractivity contribution >= 4 is 8.60 Å². The molecule has 2 rings (SSSR count).